The van der Waals surface area contributed by atoms with Crippen LogP contribution in [0, 0.1) is 11.8 Å². The van der Waals surface area contributed by atoms with Crippen LogP contribution in [0.2, 0.25) is 0 Å². The van der Waals surface area contributed by atoms with E-state index in [-0.39, 0.29) is 0 Å². The summed E-state index contributed by atoms with van der Waals surface area (Å²) >= 11 is 1.84. The topological polar surface area (TPSA) is 26.0 Å². The Labute approximate surface area is 101 Å². The van der Waals surface area contributed by atoms with Gasteiger partial charge in [0.15, 0.2) is 0 Å². The van der Waals surface area contributed by atoms with Crippen LogP contribution in [0.25, 0.3) is 10.1 Å². The molecule has 86 valence electrons. The van der Waals surface area contributed by atoms with Crippen molar-refractivity contribution in [3.63, 3.8) is 0 Å². The molecule has 2 atom stereocenters. The smallest absolute Gasteiger partial charge is 0.0345 e. The van der Waals surface area contributed by atoms with Crippen LogP contribution in [0.4, 0.5) is 0 Å². The van der Waals surface area contributed by atoms with Crippen LogP contribution in [0.15, 0.2) is 29.6 Å². The highest BCUT2D eigenvalue weighted by Gasteiger charge is 2.13. The molecule has 2 heteroatoms. The molecule has 0 bridgehead atoms. The highest BCUT2D eigenvalue weighted by Crippen LogP contribution is 2.28. The van der Waals surface area contributed by atoms with Crippen LogP contribution >= 0.6 is 11.3 Å². The highest BCUT2D eigenvalue weighted by atomic mass is 32.1. The van der Waals surface area contributed by atoms with Gasteiger partial charge >= 0.3 is 0 Å². The highest BCUT2D eigenvalue weighted by molar-refractivity contribution is 7.17. The lowest BCUT2D eigenvalue weighted by Crippen LogP contribution is -2.19. The molecule has 2 aromatic rings. The van der Waals surface area contributed by atoms with Crippen LogP contribution in [0.3, 0.4) is 0 Å². The number of fused-ring (bicyclic) bond motifs is 1. The van der Waals surface area contributed by atoms with Crippen molar-refractivity contribution in [3.8, 4) is 0 Å². The Bertz CT molecular complexity index is 460. The van der Waals surface area contributed by atoms with Gasteiger partial charge in [0.1, 0.15) is 0 Å². The molecule has 2 N–H and O–H groups in total. The van der Waals surface area contributed by atoms with Gasteiger partial charge in [-0.25, -0.2) is 0 Å². The van der Waals surface area contributed by atoms with Gasteiger partial charge in [-0.15, -0.1) is 11.3 Å². The molecule has 0 aliphatic rings. The van der Waals surface area contributed by atoms with Gasteiger partial charge in [-0.05, 0) is 47.2 Å². The van der Waals surface area contributed by atoms with Crippen LogP contribution in [-0.4, -0.2) is 6.54 Å². The Kier molecular flexibility index (Phi) is 3.62. The molecule has 2 unspecified atom stereocenters. The molecule has 0 spiro atoms. The Hall–Kier alpha value is -0.860. The van der Waals surface area contributed by atoms with E-state index in [2.05, 4.69) is 43.5 Å². The van der Waals surface area contributed by atoms with Crippen molar-refractivity contribution in [1.29, 1.82) is 0 Å². The fraction of sp³-hybridized carbons (Fsp3) is 0.429. The third kappa shape index (κ3) is 2.28. The van der Waals surface area contributed by atoms with Crippen LogP contribution in [-0.2, 0) is 6.42 Å². The van der Waals surface area contributed by atoms with Crippen LogP contribution < -0.4 is 5.73 Å². The van der Waals surface area contributed by atoms with Gasteiger partial charge < -0.3 is 5.73 Å². The number of hydrogen-bond acceptors (Lipinski definition) is 2. The summed E-state index contributed by atoms with van der Waals surface area (Å²) in [5.74, 6) is 1.25. The predicted molar refractivity (Wildman–Crippen MR) is 72.9 cm³/mol. The molecule has 16 heavy (non-hydrogen) atoms. The van der Waals surface area contributed by atoms with E-state index < -0.39 is 0 Å². The van der Waals surface area contributed by atoms with Crippen molar-refractivity contribution >= 4 is 21.4 Å². The molecule has 1 nitrogen and oxygen atoms in total. The summed E-state index contributed by atoms with van der Waals surface area (Å²) in [6, 6.07) is 8.64. The van der Waals surface area contributed by atoms with Crippen molar-refractivity contribution in [2.75, 3.05) is 6.54 Å². The average Bonchev–Trinajstić information content (AvgIpc) is 2.72. The van der Waals surface area contributed by atoms with Gasteiger partial charge in [-0.3, -0.25) is 0 Å². The monoisotopic (exact) mass is 233 g/mol. The number of hydrogen-bond donors (Lipinski definition) is 1. The molecule has 1 aromatic heterocycles. The maximum atomic E-state index is 5.72. The summed E-state index contributed by atoms with van der Waals surface area (Å²) in [6.45, 7) is 5.31. The number of nitrogens with two attached hydrogens (primary N) is 1. The number of benzene rings is 1. The summed E-state index contributed by atoms with van der Waals surface area (Å²) in [5, 5.41) is 3.72. The van der Waals surface area contributed by atoms with Crippen molar-refractivity contribution in [2.24, 2.45) is 17.6 Å². The first-order valence-corrected chi connectivity index (χ1v) is 6.75. The zero-order valence-corrected chi connectivity index (χ0v) is 10.8. The first-order chi connectivity index (χ1) is 7.72. The molecule has 0 radical (unpaired) electrons. The summed E-state index contributed by atoms with van der Waals surface area (Å²) in [7, 11) is 0. The maximum Gasteiger partial charge on any atom is 0.0345 e. The predicted octanol–water partition coefficient (Wildman–Crippen LogP) is 3.67. The zero-order valence-electron chi connectivity index (χ0n) is 9.94. The first-order valence-electron chi connectivity index (χ1n) is 5.87. The average molecular weight is 233 g/mol. The van der Waals surface area contributed by atoms with Crippen molar-refractivity contribution in [1.82, 2.24) is 0 Å². The molecule has 0 saturated carbocycles. The molecule has 0 fully saturated rings. The van der Waals surface area contributed by atoms with E-state index in [9.17, 15) is 0 Å². The Morgan fingerprint density at radius 3 is 2.69 bits per heavy atom. The largest absolute Gasteiger partial charge is 0.330 e. The molecule has 1 heterocycles. The van der Waals surface area contributed by atoms with Gasteiger partial charge in [0.25, 0.3) is 0 Å². The van der Waals surface area contributed by atoms with Crippen molar-refractivity contribution in [3.05, 3.63) is 35.2 Å². The summed E-state index contributed by atoms with van der Waals surface area (Å²) in [5.41, 5.74) is 7.20. The summed E-state index contributed by atoms with van der Waals surface area (Å²) in [6.07, 6.45) is 1.14. The second-order valence-electron chi connectivity index (χ2n) is 4.65. The minimum Gasteiger partial charge on any atom is -0.330 e. The Balaban J connectivity index is 2.21. The van der Waals surface area contributed by atoms with E-state index >= 15 is 0 Å². The molecular weight excluding hydrogens is 214 g/mol. The third-order valence-corrected chi connectivity index (χ3v) is 4.46. The fourth-order valence-electron chi connectivity index (χ4n) is 1.97. The SMILES string of the molecule is CC(CN)C(C)Cc1csc2ccccc12. The number of rotatable bonds is 4. The first kappa shape index (κ1) is 11.6. The van der Waals surface area contributed by atoms with E-state index in [1.54, 1.807) is 0 Å². The van der Waals surface area contributed by atoms with Crippen LogP contribution in [0.1, 0.15) is 19.4 Å². The Morgan fingerprint density at radius 2 is 1.94 bits per heavy atom. The maximum absolute atomic E-state index is 5.72. The Morgan fingerprint density at radius 1 is 1.19 bits per heavy atom. The molecule has 0 aliphatic heterocycles. The molecular formula is C14H19NS. The van der Waals surface area contributed by atoms with Gasteiger partial charge in [-0.1, -0.05) is 32.0 Å². The lowest BCUT2D eigenvalue weighted by Gasteiger charge is -2.17. The molecule has 1 aromatic carbocycles. The lowest BCUT2D eigenvalue weighted by atomic mass is 9.90. The quantitative estimate of drug-likeness (QED) is 0.856. The normalized spacial score (nSPS) is 15.2. The summed E-state index contributed by atoms with van der Waals surface area (Å²) in [4.78, 5) is 0. The van der Waals surface area contributed by atoms with Gasteiger partial charge in [0, 0.05) is 4.70 Å². The second kappa shape index (κ2) is 4.98. The standard InChI is InChI=1S/C14H19NS/c1-10(11(2)8-15)7-12-9-16-14-6-4-3-5-13(12)14/h3-6,9-11H,7-8,15H2,1-2H3. The van der Waals surface area contributed by atoms with E-state index in [1.165, 1.54) is 15.6 Å². The van der Waals surface area contributed by atoms with Crippen molar-refractivity contribution < 1.29 is 0 Å². The fourth-order valence-corrected chi connectivity index (χ4v) is 2.95. The minimum atomic E-state index is 0.596. The zero-order chi connectivity index (χ0) is 11.5. The lowest BCUT2D eigenvalue weighted by molar-refractivity contribution is 0.395. The van der Waals surface area contributed by atoms with E-state index in [1.807, 2.05) is 11.3 Å². The third-order valence-electron chi connectivity index (χ3n) is 3.45. The van der Waals surface area contributed by atoms with E-state index in [4.69, 9.17) is 5.73 Å². The molecule has 0 amide bonds. The van der Waals surface area contributed by atoms with Crippen molar-refractivity contribution in [2.45, 2.75) is 20.3 Å². The van der Waals surface area contributed by atoms with Gasteiger partial charge in [-0.2, -0.15) is 0 Å². The molecule has 0 aliphatic carbocycles. The number of thiophene rings is 1. The van der Waals surface area contributed by atoms with E-state index in [0.717, 1.165) is 13.0 Å². The van der Waals surface area contributed by atoms with E-state index in [0.29, 0.717) is 11.8 Å². The van der Waals surface area contributed by atoms with Crippen LogP contribution in [0.5, 0.6) is 0 Å². The second-order valence-corrected chi connectivity index (χ2v) is 5.56. The minimum absolute atomic E-state index is 0.596. The molecule has 2 rings (SSSR count). The summed E-state index contributed by atoms with van der Waals surface area (Å²) < 4.78 is 1.39. The van der Waals surface area contributed by atoms with Gasteiger partial charge in [0.05, 0.1) is 0 Å². The van der Waals surface area contributed by atoms with Gasteiger partial charge in [0.2, 0.25) is 0 Å². The molecule has 0 saturated heterocycles.